The van der Waals surface area contributed by atoms with Crippen LogP contribution in [0.2, 0.25) is 0 Å². The second-order valence-electron chi connectivity index (χ2n) is 3.92. The van der Waals surface area contributed by atoms with Crippen LogP contribution < -0.4 is 0 Å². The highest BCUT2D eigenvalue weighted by Gasteiger charge is 2.31. The predicted octanol–water partition coefficient (Wildman–Crippen LogP) is 2.58. The summed E-state index contributed by atoms with van der Waals surface area (Å²) in [7, 11) is 2.00. The fraction of sp³-hybridized carbons (Fsp3) is 0.889. The minimum atomic E-state index is 0.243. The van der Waals surface area contributed by atoms with Crippen molar-refractivity contribution < 1.29 is 0 Å². The summed E-state index contributed by atoms with van der Waals surface area (Å²) in [5, 5.41) is 8.84. The Kier molecular flexibility index (Phi) is 2.58. The van der Waals surface area contributed by atoms with Gasteiger partial charge in [-0.1, -0.05) is 19.3 Å². The minimum absolute atomic E-state index is 0.243. The second-order valence-corrected chi connectivity index (χ2v) is 4.29. The van der Waals surface area contributed by atoms with Crippen LogP contribution >= 0.6 is 12.2 Å². The number of hydrogen-bond acceptors (Lipinski definition) is 2. The molecule has 0 saturated heterocycles. The van der Waals surface area contributed by atoms with Crippen molar-refractivity contribution in [2.24, 2.45) is 16.1 Å². The van der Waals surface area contributed by atoms with E-state index in [2.05, 4.69) is 10.2 Å². The highest BCUT2D eigenvalue weighted by molar-refractivity contribution is 7.80. The van der Waals surface area contributed by atoms with Gasteiger partial charge in [0.1, 0.15) is 6.17 Å². The zero-order chi connectivity index (χ0) is 9.26. The van der Waals surface area contributed by atoms with Crippen molar-refractivity contribution in [2.75, 3.05) is 7.05 Å². The first-order valence-electron chi connectivity index (χ1n) is 4.96. The molecule has 0 amide bonds. The van der Waals surface area contributed by atoms with Crippen molar-refractivity contribution in [2.45, 2.75) is 38.3 Å². The Labute approximate surface area is 84.2 Å². The van der Waals surface area contributed by atoms with Gasteiger partial charge in [-0.15, -0.1) is 5.11 Å². The van der Waals surface area contributed by atoms with Crippen molar-refractivity contribution >= 4 is 17.3 Å². The number of azo groups is 1. The van der Waals surface area contributed by atoms with Crippen LogP contribution in [0.15, 0.2) is 10.2 Å². The van der Waals surface area contributed by atoms with Crippen LogP contribution in [0.3, 0.4) is 0 Å². The molecule has 0 radical (unpaired) electrons. The maximum absolute atomic E-state index is 5.05. The van der Waals surface area contributed by atoms with E-state index in [0.29, 0.717) is 11.0 Å². The molecule has 0 bridgehead atoms. The maximum atomic E-state index is 5.05. The molecule has 4 heteroatoms. The Morgan fingerprint density at radius 2 is 2.00 bits per heavy atom. The molecule has 0 aromatic carbocycles. The topological polar surface area (TPSA) is 28.0 Å². The molecule has 0 aromatic rings. The summed E-state index contributed by atoms with van der Waals surface area (Å²) in [6, 6.07) is 0. The molecule has 2 aliphatic rings. The van der Waals surface area contributed by atoms with Crippen molar-refractivity contribution in [1.29, 1.82) is 0 Å². The van der Waals surface area contributed by atoms with E-state index in [1.165, 1.54) is 32.1 Å². The number of nitrogens with zero attached hydrogens (tertiary/aromatic N) is 3. The lowest BCUT2D eigenvalue weighted by molar-refractivity contribution is 0.221. The third kappa shape index (κ3) is 1.73. The monoisotopic (exact) mass is 197 g/mol. The van der Waals surface area contributed by atoms with E-state index >= 15 is 0 Å². The summed E-state index contributed by atoms with van der Waals surface area (Å²) in [6.07, 6.45) is 6.89. The van der Waals surface area contributed by atoms with Gasteiger partial charge in [0, 0.05) is 13.0 Å². The van der Waals surface area contributed by atoms with Crippen LogP contribution in [-0.4, -0.2) is 23.2 Å². The van der Waals surface area contributed by atoms with E-state index in [1.54, 1.807) is 0 Å². The minimum Gasteiger partial charge on any atom is -0.325 e. The lowest BCUT2D eigenvalue weighted by atomic mass is 9.87. The first-order chi connectivity index (χ1) is 6.29. The highest BCUT2D eigenvalue weighted by Crippen LogP contribution is 2.31. The van der Waals surface area contributed by atoms with Gasteiger partial charge in [-0.2, -0.15) is 5.11 Å². The van der Waals surface area contributed by atoms with Gasteiger partial charge < -0.3 is 4.90 Å². The van der Waals surface area contributed by atoms with E-state index in [9.17, 15) is 0 Å². The Hall–Kier alpha value is -0.510. The number of rotatable bonds is 1. The summed E-state index contributed by atoms with van der Waals surface area (Å²) < 4.78 is 0. The highest BCUT2D eigenvalue weighted by atomic mass is 32.1. The van der Waals surface area contributed by atoms with Crippen LogP contribution in [0.5, 0.6) is 0 Å². The van der Waals surface area contributed by atoms with Crippen molar-refractivity contribution in [3.63, 3.8) is 0 Å². The number of thiocarbonyl (C=S) groups is 1. The summed E-state index contributed by atoms with van der Waals surface area (Å²) in [6.45, 7) is 0. The van der Waals surface area contributed by atoms with Crippen molar-refractivity contribution in [3.8, 4) is 0 Å². The fourth-order valence-electron chi connectivity index (χ4n) is 2.21. The molecule has 72 valence electrons. The quantitative estimate of drug-likeness (QED) is 0.604. The van der Waals surface area contributed by atoms with Crippen LogP contribution in [0, 0.1) is 5.92 Å². The standard InChI is InChI=1S/C9H15N3S/c1-12-8(10-11-9(12)13)7-5-3-2-4-6-7/h7-8H,2-6H2,1H3. The molecule has 1 unspecified atom stereocenters. The fourth-order valence-corrected chi connectivity index (χ4v) is 2.37. The lowest BCUT2D eigenvalue weighted by Crippen LogP contribution is -2.35. The second kappa shape index (κ2) is 3.70. The van der Waals surface area contributed by atoms with Crippen LogP contribution in [0.4, 0.5) is 0 Å². The first kappa shape index (κ1) is 9.06. The maximum Gasteiger partial charge on any atom is 0.217 e. The molecule has 1 aliphatic heterocycles. The van der Waals surface area contributed by atoms with E-state index in [4.69, 9.17) is 12.2 Å². The zero-order valence-electron chi connectivity index (χ0n) is 7.94. The molecular weight excluding hydrogens is 182 g/mol. The van der Waals surface area contributed by atoms with E-state index in [0.717, 1.165) is 0 Å². The average Bonchev–Trinajstić information content (AvgIpc) is 2.49. The third-order valence-corrected chi connectivity index (χ3v) is 3.40. The van der Waals surface area contributed by atoms with Gasteiger partial charge in [0.15, 0.2) is 0 Å². The van der Waals surface area contributed by atoms with Crippen LogP contribution in [0.25, 0.3) is 0 Å². The Morgan fingerprint density at radius 1 is 1.31 bits per heavy atom. The van der Waals surface area contributed by atoms with Crippen LogP contribution in [-0.2, 0) is 0 Å². The first-order valence-corrected chi connectivity index (χ1v) is 5.37. The van der Waals surface area contributed by atoms with Crippen LogP contribution in [0.1, 0.15) is 32.1 Å². The summed E-state index contributed by atoms with van der Waals surface area (Å²) in [4.78, 5) is 2.03. The molecule has 0 spiro atoms. The average molecular weight is 197 g/mol. The SMILES string of the molecule is CN1C(=S)N=NC1C1CCCCC1. The third-order valence-electron chi connectivity index (χ3n) is 3.03. The van der Waals surface area contributed by atoms with Crippen molar-refractivity contribution in [3.05, 3.63) is 0 Å². The van der Waals surface area contributed by atoms with Gasteiger partial charge >= 0.3 is 0 Å². The van der Waals surface area contributed by atoms with Gasteiger partial charge in [-0.3, -0.25) is 0 Å². The van der Waals surface area contributed by atoms with E-state index < -0.39 is 0 Å². The molecular formula is C9H15N3S. The molecule has 2 rings (SSSR count). The largest absolute Gasteiger partial charge is 0.325 e. The Balaban J connectivity index is 2.00. The van der Waals surface area contributed by atoms with Gasteiger partial charge in [-0.05, 0) is 25.1 Å². The molecule has 1 atom stereocenters. The summed E-state index contributed by atoms with van der Waals surface area (Å²) >= 11 is 5.05. The predicted molar refractivity (Wildman–Crippen MR) is 55.6 cm³/mol. The van der Waals surface area contributed by atoms with Gasteiger partial charge in [0.2, 0.25) is 5.11 Å². The molecule has 0 aromatic heterocycles. The van der Waals surface area contributed by atoms with Gasteiger partial charge in [0.25, 0.3) is 0 Å². The van der Waals surface area contributed by atoms with E-state index in [-0.39, 0.29) is 6.17 Å². The van der Waals surface area contributed by atoms with Gasteiger partial charge in [0.05, 0.1) is 0 Å². The zero-order valence-corrected chi connectivity index (χ0v) is 8.76. The van der Waals surface area contributed by atoms with Crippen molar-refractivity contribution in [1.82, 2.24) is 4.90 Å². The summed E-state index contributed by atoms with van der Waals surface area (Å²) in [5.41, 5.74) is 0. The lowest BCUT2D eigenvalue weighted by Gasteiger charge is -2.29. The number of hydrogen-bond donors (Lipinski definition) is 0. The molecule has 1 aliphatic carbocycles. The molecule has 3 nitrogen and oxygen atoms in total. The molecule has 1 heterocycles. The smallest absolute Gasteiger partial charge is 0.217 e. The molecule has 1 saturated carbocycles. The Morgan fingerprint density at radius 3 is 2.54 bits per heavy atom. The van der Waals surface area contributed by atoms with Gasteiger partial charge in [-0.25, -0.2) is 0 Å². The van der Waals surface area contributed by atoms with E-state index in [1.807, 2.05) is 11.9 Å². The summed E-state index contributed by atoms with van der Waals surface area (Å²) in [5.74, 6) is 0.683. The Bertz CT molecular complexity index is 233. The normalized spacial score (nSPS) is 30.1. The molecule has 13 heavy (non-hydrogen) atoms. The molecule has 1 fully saturated rings. The molecule has 0 N–H and O–H groups in total.